The molecule has 34 heavy (non-hydrogen) atoms. The van der Waals surface area contributed by atoms with E-state index in [1.807, 2.05) is 30.3 Å². The number of aromatic hydroxyl groups is 1. The number of fused-ring (bicyclic) bond motifs is 4. The number of primary amides is 1. The van der Waals surface area contributed by atoms with E-state index in [2.05, 4.69) is 9.97 Å². The van der Waals surface area contributed by atoms with Crippen molar-refractivity contribution in [2.45, 2.75) is 6.61 Å². The summed E-state index contributed by atoms with van der Waals surface area (Å²) in [5.41, 5.74) is 7.74. The Kier molecular flexibility index (Phi) is 5.18. The summed E-state index contributed by atoms with van der Waals surface area (Å²) in [7, 11) is 1.45. The molecule has 0 aliphatic rings. The molecule has 0 saturated heterocycles. The Balaban J connectivity index is 1.69. The number of carbonyl (C=O) groups is 2. The number of ether oxygens (including phenoxy) is 2. The van der Waals surface area contributed by atoms with Crippen LogP contribution < -0.4 is 10.5 Å². The highest BCUT2D eigenvalue weighted by Crippen LogP contribution is 2.37. The van der Waals surface area contributed by atoms with E-state index in [1.165, 1.54) is 13.2 Å². The summed E-state index contributed by atoms with van der Waals surface area (Å²) in [5, 5.41) is 11.8. The van der Waals surface area contributed by atoms with Crippen LogP contribution >= 0.6 is 0 Å². The molecule has 1 amide bonds. The topological polar surface area (TPSA) is 125 Å². The summed E-state index contributed by atoms with van der Waals surface area (Å²) in [6, 6.07) is 19.4. The zero-order chi connectivity index (χ0) is 23.8. The number of nitrogens with zero attached hydrogens (tertiary/aromatic N) is 2. The second-order valence-electron chi connectivity index (χ2n) is 7.66. The molecule has 0 atom stereocenters. The average molecular weight is 453 g/mol. The normalized spacial score (nSPS) is 11.1. The Labute approximate surface area is 193 Å². The molecule has 3 N–H and O–H groups in total. The van der Waals surface area contributed by atoms with E-state index in [1.54, 1.807) is 30.3 Å². The van der Waals surface area contributed by atoms with Crippen LogP contribution in [0.25, 0.3) is 32.8 Å². The Hall–Kier alpha value is -4.72. The monoisotopic (exact) mass is 453 g/mol. The smallest absolute Gasteiger partial charge is 0.342 e. The Bertz CT molecular complexity index is 1600. The third-order valence-corrected chi connectivity index (χ3v) is 5.58. The maximum absolute atomic E-state index is 12.8. The Morgan fingerprint density at radius 1 is 0.912 bits per heavy atom. The highest BCUT2D eigenvalue weighted by Gasteiger charge is 2.22. The fraction of sp³-hybridized carbons (Fsp3) is 0.0769. The number of amides is 1. The van der Waals surface area contributed by atoms with Gasteiger partial charge in [-0.25, -0.2) is 14.8 Å². The SMILES string of the molecule is COc1cc2nc3c(nc2cc1C(=O)OCc1ccccc1)c(C(N)=O)c(O)c1ccccc13. The molecule has 8 heteroatoms. The fourth-order valence-corrected chi connectivity index (χ4v) is 3.95. The number of carbonyl (C=O) groups excluding carboxylic acids is 2. The lowest BCUT2D eigenvalue weighted by molar-refractivity contribution is 0.0469. The van der Waals surface area contributed by atoms with Crippen LogP contribution in [0.5, 0.6) is 11.5 Å². The summed E-state index contributed by atoms with van der Waals surface area (Å²) in [5.74, 6) is -1.42. The van der Waals surface area contributed by atoms with Crippen molar-refractivity contribution < 1.29 is 24.2 Å². The van der Waals surface area contributed by atoms with Crippen LogP contribution in [0.3, 0.4) is 0 Å². The number of methoxy groups -OCH3 is 1. The lowest BCUT2D eigenvalue weighted by atomic mass is 10.0. The molecule has 0 bridgehead atoms. The van der Waals surface area contributed by atoms with Gasteiger partial charge in [-0.1, -0.05) is 54.6 Å². The quantitative estimate of drug-likeness (QED) is 0.233. The van der Waals surface area contributed by atoms with Crippen molar-refractivity contribution in [3.63, 3.8) is 0 Å². The van der Waals surface area contributed by atoms with E-state index in [-0.39, 0.29) is 34.7 Å². The summed E-state index contributed by atoms with van der Waals surface area (Å²) >= 11 is 0. The van der Waals surface area contributed by atoms with Crippen molar-refractivity contribution in [2.75, 3.05) is 7.11 Å². The number of phenols is 1. The van der Waals surface area contributed by atoms with Gasteiger partial charge in [0.15, 0.2) is 0 Å². The zero-order valence-electron chi connectivity index (χ0n) is 18.1. The van der Waals surface area contributed by atoms with Crippen LogP contribution in [-0.2, 0) is 11.3 Å². The number of benzene rings is 4. The first-order chi connectivity index (χ1) is 16.5. The number of rotatable bonds is 5. The lowest BCUT2D eigenvalue weighted by Gasteiger charge is -2.13. The minimum absolute atomic E-state index is 0.0932. The zero-order valence-corrected chi connectivity index (χ0v) is 18.1. The van der Waals surface area contributed by atoms with Gasteiger partial charge in [0.05, 0.1) is 23.7 Å². The van der Waals surface area contributed by atoms with Gasteiger partial charge in [-0.3, -0.25) is 4.79 Å². The van der Waals surface area contributed by atoms with E-state index < -0.39 is 11.9 Å². The van der Waals surface area contributed by atoms with Crippen LogP contribution in [0.4, 0.5) is 0 Å². The molecule has 8 nitrogen and oxygen atoms in total. The summed E-state index contributed by atoms with van der Waals surface area (Å²) in [6.45, 7) is 0.0932. The molecule has 1 aromatic heterocycles. The number of esters is 1. The van der Waals surface area contributed by atoms with E-state index >= 15 is 0 Å². The largest absolute Gasteiger partial charge is 0.506 e. The number of hydrogen-bond donors (Lipinski definition) is 2. The number of aromatic nitrogens is 2. The molecule has 0 saturated carbocycles. The summed E-state index contributed by atoms with van der Waals surface area (Å²) < 4.78 is 10.9. The molecule has 4 aromatic carbocycles. The van der Waals surface area contributed by atoms with Crippen molar-refractivity contribution >= 4 is 44.7 Å². The molecule has 0 fully saturated rings. The predicted molar refractivity (Wildman–Crippen MR) is 127 cm³/mol. The van der Waals surface area contributed by atoms with E-state index in [9.17, 15) is 14.7 Å². The van der Waals surface area contributed by atoms with Crippen molar-refractivity contribution in [3.05, 3.63) is 83.4 Å². The van der Waals surface area contributed by atoms with Gasteiger partial charge in [0.25, 0.3) is 5.91 Å². The van der Waals surface area contributed by atoms with Crippen LogP contribution in [-0.4, -0.2) is 34.1 Å². The maximum Gasteiger partial charge on any atom is 0.342 e. The first-order valence-corrected chi connectivity index (χ1v) is 10.4. The maximum atomic E-state index is 12.8. The van der Waals surface area contributed by atoms with Gasteiger partial charge in [-0.2, -0.15) is 0 Å². The van der Waals surface area contributed by atoms with Crippen molar-refractivity contribution in [2.24, 2.45) is 5.73 Å². The first-order valence-electron chi connectivity index (χ1n) is 10.4. The molecule has 168 valence electrons. The molecule has 1 heterocycles. The van der Waals surface area contributed by atoms with Crippen LogP contribution in [0.15, 0.2) is 66.7 Å². The third-order valence-electron chi connectivity index (χ3n) is 5.58. The van der Waals surface area contributed by atoms with Crippen LogP contribution in [0.2, 0.25) is 0 Å². The minimum atomic E-state index is -0.835. The number of nitrogens with two attached hydrogens (primary N) is 1. The van der Waals surface area contributed by atoms with E-state index in [0.717, 1.165) is 5.56 Å². The molecule has 5 aromatic rings. The Morgan fingerprint density at radius 3 is 2.26 bits per heavy atom. The van der Waals surface area contributed by atoms with Gasteiger partial charge in [0.1, 0.15) is 34.7 Å². The second kappa shape index (κ2) is 8.32. The highest BCUT2D eigenvalue weighted by molar-refractivity contribution is 6.19. The predicted octanol–water partition coefficient (Wildman–Crippen LogP) is 4.11. The average Bonchev–Trinajstić information content (AvgIpc) is 2.86. The molecule has 0 radical (unpaired) electrons. The summed E-state index contributed by atoms with van der Waals surface area (Å²) in [4.78, 5) is 34.3. The van der Waals surface area contributed by atoms with Crippen LogP contribution in [0, 0.1) is 0 Å². The van der Waals surface area contributed by atoms with Gasteiger partial charge in [-0.15, -0.1) is 0 Å². The molecular formula is C26H19N3O5. The minimum Gasteiger partial charge on any atom is -0.506 e. The lowest BCUT2D eigenvalue weighted by Crippen LogP contribution is -2.13. The molecule has 0 aliphatic heterocycles. The second-order valence-corrected chi connectivity index (χ2v) is 7.66. The van der Waals surface area contributed by atoms with Gasteiger partial charge in [0, 0.05) is 16.8 Å². The number of hydrogen-bond acceptors (Lipinski definition) is 7. The third kappa shape index (κ3) is 3.51. The Morgan fingerprint density at radius 2 is 1.56 bits per heavy atom. The van der Waals surface area contributed by atoms with Crippen molar-refractivity contribution in [3.8, 4) is 11.5 Å². The fourth-order valence-electron chi connectivity index (χ4n) is 3.95. The van der Waals surface area contributed by atoms with Gasteiger partial charge in [-0.05, 0) is 11.6 Å². The van der Waals surface area contributed by atoms with Crippen molar-refractivity contribution in [1.29, 1.82) is 0 Å². The van der Waals surface area contributed by atoms with Crippen LogP contribution in [0.1, 0.15) is 26.3 Å². The molecule has 0 aliphatic carbocycles. The first kappa shape index (κ1) is 21.1. The van der Waals surface area contributed by atoms with Gasteiger partial charge in [0.2, 0.25) is 0 Å². The molecule has 0 spiro atoms. The standard InChI is InChI=1S/C26H19N3O5/c1-33-20-12-19-18(11-17(20)26(32)34-13-14-7-3-2-4-8-14)29-23-21(25(27)31)24(30)16-10-6-5-9-15(16)22(23)28-19/h2-12,30H,13H2,1H3,(H2,27,31). The van der Waals surface area contributed by atoms with Crippen molar-refractivity contribution in [1.82, 2.24) is 9.97 Å². The van der Waals surface area contributed by atoms with E-state index in [0.29, 0.717) is 27.3 Å². The molecular weight excluding hydrogens is 434 g/mol. The summed E-state index contributed by atoms with van der Waals surface area (Å²) in [6.07, 6.45) is 0. The molecule has 0 unspecified atom stereocenters. The van der Waals surface area contributed by atoms with E-state index in [4.69, 9.17) is 15.2 Å². The molecule has 5 rings (SSSR count). The highest BCUT2D eigenvalue weighted by atomic mass is 16.5. The van der Waals surface area contributed by atoms with Gasteiger partial charge < -0.3 is 20.3 Å². The van der Waals surface area contributed by atoms with Gasteiger partial charge >= 0.3 is 5.97 Å².